The van der Waals surface area contributed by atoms with Crippen molar-refractivity contribution < 1.29 is 14.3 Å². The van der Waals surface area contributed by atoms with Crippen LogP contribution in [0.15, 0.2) is 48.5 Å². The molecule has 0 aromatic heterocycles. The zero-order valence-electron chi connectivity index (χ0n) is 22.9. The summed E-state index contributed by atoms with van der Waals surface area (Å²) in [4.78, 5) is 27.2. The minimum atomic E-state index is -0.295. The highest BCUT2D eigenvalue weighted by Crippen LogP contribution is 2.66. The number of fused-ring (bicyclic) bond motifs is 2. The third-order valence-electron chi connectivity index (χ3n) is 8.96. The van der Waals surface area contributed by atoms with Crippen molar-refractivity contribution in [3.8, 4) is 0 Å². The molecular weight excluding hydrogens is 464 g/mol. The molecule has 0 aliphatic heterocycles. The van der Waals surface area contributed by atoms with E-state index in [4.69, 9.17) is 4.74 Å². The van der Waals surface area contributed by atoms with Crippen LogP contribution < -0.4 is 16.0 Å². The Morgan fingerprint density at radius 2 is 1.51 bits per heavy atom. The summed E-state index contributed by atoms with van der Waals surface area (Å²) in [6.07, 6.45) is 3.80. The number of carbonyl (C=O) groups is 2. The predicted octanol–water partition coefficient (Wildman–Crippen LogP) is 6.19. The van der Waals surface area contributed by atoms with Gasteiger partial charge < -0.3 is 25.6 Å². The van der Waals surface area contributed by atoms with Crippen LogP contribution in [-0.4, -0.2) is 49.3 Å². The van der Waals surface area contributed by atoms with E-state index in [9.17, 15) is 9.59 Å². The number of nitrogens with zero attached hydrogens (tertiary/aromatic N) is 1. The fraction of sp³-hybridized carbons (Fsp3) is 0.533. The Kier molecular flexibility index (Phi) is 8.12. The van der Waals surface area contributed by atoms with Gasteiger partial charge in [-0.2, -0.15) is 0 Å². The van der Waals surface area contributed by atoms with Gasteiger partial charge in [-0.15, -0.1) is 0 Å². The highest BCUT2D eigenvalue weighted by atomic mass is 16.5. The second-order valence-corrected chi connectivity index (χ2v) is 11.5. The number of hydrogen-bond acceptors (Lipinski definition) is 3. The lowest BCUT2D eigenvalue weighted by Crippen LogP contribution is -2.44. The zero-order chi connectivity index (χ0) is 26.6. The minimum absolute atomic E-state index is 0.183. The highest BCUT2D eigenvalue weighted by Gasteiger charge is 2.61. The molecule has 2 bridgehead atoms. The number of nitrogens with one attached hydrogen (secondary N) is 3. The monoisotopic (exact) mass is 506 g/mol. The molecular formula is C30H42N4O3. The highest BCUT2D eigenvalue weighted by molar-refractivity contribution is 5.90. The molecule has 0 spiro atoms. The molecule has 37 heavy (non-hydrogen) atoms. The van der Waals surface area contributed by atoms with Gasteiger partial charge >= 0.3 is 12.1 Å². The van der Waals surface area contributed by atoms with Gasteiger partial charge in [0.1, 0.15) is 0 Å². The van der Waals surface area contributed by atoms with E-state index in [1.165, 1.54) is 12.8 Å². The molecule has 4 rings (SSSR count). The van der Waals surface area contributed by atoms with Crippen molar-refractivity contribution in [2.45, 2.75) is 60.0 Å². The van der Waals surface area contributed by atoms with Crippen molar-refractivity contribution >= 4 is 23.4 Å². The number of rotatable bonds is 9. The SMILES string of the molecule is Cc1ccc(NC(=O)NCCN(CCO[C@H]2C[C@H]3CC[C@]2(C)C3(C)C)C(=O)Nc2ccc(C)cc2)cc1. The van der Waals surface area contributed by atoms with E-state index in [1.54, 1.807) is 4.90 Å². The average Bonchev–Trinajstić information content (AvgIpc) is 3.19. The van der Waals surface area contributed by atoms with Gasteiger partial charge in [0.15, 0.2) is 0 Å². The van der Waals surface area contributed by atoms with Crippen molar-refractivity contribution in [2.75, 3.05) is 36.9 Å². The van der Waals surface area contributed by atoms with E-state index in [-0.39, 0.29) is 29.0 Å². The maximum Gasteiger partial charge on any atom is 0.321 e. The predicted molar refractivity (Wildman–Crippen MR) is 149 cm³/mol. The lowest BCUT2D eigenvalue weighted by atomic mass is 9.70. The van der Waals surface area contributed by atoms with Gasteiger partial charge in [-0.1, -0.05) is 56.2 Å². The van der Waals surface area contributed by atoms with E-state index < -0.39 is 0 Å². The lowest BCUT2D eigenvalue weighted by Gasteiger charge is -2.39. The molecule has 2 aliphatic rings. The van der Waals surface area contributed by atoms with Gasteiger partial charge in [-0.25, -0.2) is 9.59 Å². The smallest absolute Gasteiger partial charge is 0.321 e. The fourth-order valence-corrected chi connectivity index (χ4v) is 5.96. The summed E-state index contributed by atoms with van der Waals surface area (Å²) >= 11 is 0. The van der Waals surface area contributed by atoms with Crippen LogP contribution in [0.2, 0.25) is 0 Å². The molecule has 7 nitrogen and oxygen atoms in total. The summed E-state index contributed by atoms with van der Waals surface area (Å²) < 4.78 is 6.42. The van der Waals surface area contributed by atoms with E-state index in [0.29, 0.717) is 32.2 Å². The maximum atomic E-state index is 13.1. The van der Waals surface area contributed by atoms with Gasteiger partial charge in [-0.05, 0) is 74.1 Å². The zero-order valence-corrected chi connectivity index (χ0v) is 22.9. The normalized spacial score (nSPS) is 23.5. The molecule has 4 amide bonds. The number of aryl methyl sites for hydroxylation is 2. The topological polar surface area (TPSA) is 82.7 Å². The van der Waals surface area contributed by atoms with E-state index in [1.807, 2.05) is 62.4 Å². The third kappa shape index (κ3) is 6.09. The molecule has 2 aromatic carbocycles. The van der Waals surface area contributed by atoms with Gasteiger partial charge in [-0.3, -0.25) is 0 Å². The average molecular weight is 507 g/mol. The van der Waals surface area contributed by atoms with Crippen LogP contribution in [0.4, 0.5) is 21.0 Å². The Balaban J connectivity index is 1.31. The molecule has 3 atom stereocenters. The maximum absolute atomic E-state index is 13.1. The van der Waals surface area contributed by atoms with E-state index >= 15 is 0 Å². The largest absolute Gasteiger partial charge is 0.376 e. The Morgan fingerprint density at radius 3 is 2.05 bits per heavy atom. The van der Waals surface area contributed by atoms with Crippen LogP contribution in [-0.2, 0) is 4.74 Å². The van der Waals surface area contributed by atoms with E-state index in [2.05, 4.69) is 36.7 Å². The summed E-state index contributed by atoms with van der Waals surface area (Å²) in [5.74, 6) is 0.708. The molecule has 0 heterocycles. The summed E-state index contributed by atoms with van der Waals surface area (Å²) in [5, 5.41) is 8.67. The summed E-state index contributed by atoms with van der Waals surface area (Å²) in [5.41, 5.74) is 4.21. The van der Waals surface area contributed by atoms with Crippen molar-refractivity contribution in [3.63, 3.8) is 0 Å². The van der Waals surface area contributed by atoms with Gasteiger partial charge in [0.2, 0.25) is 0 Å². The first-order valence-corrected chi connectivity index (χ1v) is 13.4. The number of amides is 4. The number of ether oxygens (including phenoxy) is 1. The van der Waals surface area contributed by atoms with Gasteiger partial charge in [0, 0.05) is 31.0 Å². The molecule has 2 saturated carbocycles. The van der Waals surface area contributed by atoms with Crippen LogP contribution in [0.1, 0.15) is 51.2 Å². The third-order valence-corrected chi connectivity index (χ3v) is 8.96. The first-order chi connectivity index (χ1) is 17.6. The van der Waals surface area contributed by atoms with Crippen molar-refractivity contribution in [2.24, 2.45) is 16.7 Å². The first kappa shape index (κ1) is 27.0. The minimum Gasteiger partial charge on any atom is -0.376 e. The molecule has 3 N–H and O–H groups in total. The molecule has 7 heteroatoms. The van der Waals surface area contributed by atoms with Crippen molar-refractivity contribution in [3.05, 3.63) is 59.7 Å². The number of benzene rings is 2. The summed E-state index contributed by atoms with van der Waals surface area (Å²) in [7, 11) is 0. The molecule has 2 aromatic rings. The van der Waals surface area contributed by atoms with Crippen molar-refractivity contribution in [1.29, 1.82) is 0 Å². The quantitative estimate of drug-likeness (QED) is 0.379. The van der Waals surface area contributed by atoms with Crippen LogP contribution in [0.5, 0.6) is 0 Å². The Morgan fingerprint density at radius 1 is 0.919 bits per heavy atom. The fourth-order valence-electron chi connectivity index (χ4n) is 5.96. The van der Waals surface area contributed by atoms with Crippen LogP contribution in [0.25, 0.3) is 0 Å². The van der Waals surface area contributed by atoms with Crippen LogP contribution in [0.3, 0.4) is 0 Å². The van der Waals surface area contributed by atoms with Gasteiger partial charge in [0.25, 0.3) is 0 Å². The van der Waals surface area contributed by atoms with Crippen LogP contribution in [0, 0.1) is 30.6 Å². The summed E-state index contributed by atoms with van der Waals surface area (Å²) in [6, 6.07) is 14.9. The van der Waals surface area contributed by atoms with Gasteiger partial charge in [0.05, 0.1) is 12.7 Å². The molecule has 2 fully saturated rings. The first-order valence-electron chi connectivity index (χ1n) is 13.4. The summed E-state index contributed by atoms with van der Waals surface area (Å²) in [6.45, 7) is 12.8. The van der Waals surface area contributed by atoms with E-state index in [0.717, 1.165) is 28.9 Å². The molecule has 0 unspecified atom stereocenters. The molecule has 2 aliphatic carbocycles. The Labute approximate surface area is 221 Å². The second kappa shape index (κ2) is 11.1. The number of urea groups is 2. The Hall–Kier alpha value is -3.06. The second-order valence-electron chi connectivity index (χ2n) is 11.5. The van der Waals surface area contributed by atoms with Crippen LogP contribution >= 0.6 is 0 Å². The molecule has 0 radical (unpaired) electrons. The molecule has 200 valence electrons. The lowest BCUT2D eigenvalue weighted by molar-refractivity contribution is -0.0494. The molecule has 0 saturated heterocycles. The number of anilines is 2. The standard InChI is InChI=1S/C30H42N4O3/c1-21-6-10-24(11-7-21)32-27(35)31-16-17-34(28(36)33-25-12-8-22(2)9-13-25)18-19-37-26-20-23-14-15-30(26,5)29(23,3)4/h6-13,23,26H,14-20H2,1-5H3,(H,33,36)(H2,31,32,35)/t23-,26+,30+/m1/s1. The number of carbonyl (C=O) groups excluding carboxylic acids is 2. The van der Waals surface area contributed by atoms with Crippen molar-refractivity contribution in [1.82, 2.24) is 10.2 Å². The number of hydrogen-bond donors (Lipinski definition) is 3. The Bertz CT molecular complexity index is 1080.